The molecule has 1 aromatic heterocycles. The van der Waals surface area contributed by atoms with Gasteiger partial charge in [-0.2, -0.15) is 13.2 Å². The molecule has 0 fully saturated rings. The molecule has 0 aliphatic rings. The largest absolute Gasteiger partial charge is 0.416 e. The summed E-state index contributed by atoms with van der Waals surface area (Å²) in [6.45, 7) is 0. The van der Waals surface area contributed by atoms with Crippen LogP contribution in [0.25, 0.3) is 11.0 Å². The Morgan fingerprint density at radius 2 is 2.00 bits per heavy atom. The summed E-state index contributed by atoms with van der Waals surface area (Å²) in [4.78, 5) is 15.0. The predicted octanol–water partition coefficient (Wildman–Crippen LogP) is 2.00. The summed E-state index contributed by atoms with van der Waals surface area (Å²) in [7, 11) is 0. The molecule has 4 nitrogen and oxygen atoms in total. The summed E-state index contributed by atoms with van der Waals surface area (Å²) in [6.07, 6.45) is -4.51. The van der Waals surface area contributed by atoms with Crippen LogP contribution in [0.15, 0.2) is 23.0 Å². The summed E-state index contributed by atoms with van der Waals surface area (Å²) in [5, 5.41) is 0. The van der Waals surface area contributed by atoms with Gasteiger partial charge in [-0.05, 0) is 18.2 Å². The monoisotopic (exact) mass is 263 g/mol. The lowest BCUT2D eigenvalue weighted by Gasteiger charge is -2.08. The van der Waals surface area contributed by atoms with E-state index < -0.39 is 17.3 Å². The number of aromatic nitrogens is 2. The highest BCUT2D eigenvalue weighted by Gasteiger charge is 2.30. The van der Waals surface area contributed by atoms with Crippen molar-refractivity contribution in [3.63, 3.8) is 0 Å². The molecule has 1 aromatic carbocycles. The van der Waals surface area contributed by atoms with E-state index in [0.717, 1.165) is 18.2 Å². The molecule has 8 heteroatoms. The predicted molar refractivity (Wildman–Crippen MR) is 56.7 cm³/mol. The Hall–Kier alpha value is -1.76. The first-order chi connectivity index (χ1) is 7.80. The van der Waals surface area contributed by atoms with E-state index in [0.29, 0.717) is 4.09 Å². The third-order valence-corrected chi connectivity index (χ3v) is 2.49. The van der Waals surface area contributed by atoms with Crippen molar-refractivity contribution < 1.29 is 13.2 Å². The fraction of sp³-hybridized carbons (Fsp3) is 0.111. The van der Waals surface area contributed by atoms with Crippen LogP contribution in [0, 0.1) is 0 Å². The van der Waals surface area contributed by atoms with Crippen molar-refractivity contribution >= 4 is 28.6 Å². The minimum absolute atomic E-state index is 0.116. The number of nitrogens with zero attached hydrogens (tertiary/aromatic N) is 2. The van der Waals surface area contributed by atoms with E-state index in [1.807, 2.05) is 0 Å². The number of fused-ring (bicyclic) bond motifs is 1. The van der Waals surface area contributed by atoms with E-state index in [1.165, 1.54) is 0 Å². The Labute approximate surface area is 97.5 Å². The van der Waals surface area contributed by atoms with Crippen LogP contribution in [0.1, 0.15) is 5.56 Å². The second kappa shape index (κ2) is 3.63. The lowest BCUT2D eigenvalue weighted by atomic mass is 10.2. The van der Waals surface area contributed by atoms with Gasteiger partial charge in [0.1, 0.15) is 0 Å². The highest BCUT2D eigenvalue weighted by atomic mass is 35.5. The van der Waals surface area contributed by atoms with Crippen molar-refractivity contribution in [3.8, 4) is 0 Å². The molecule has 0 saturated carbocycles. The van der Waals surface area contributed by atoms with Crippen LogP contribution in [0.3, 0.4) is 0 Å². The van der Waals surface area contributed by atoms with Crippen molar-refractivity contribution in [2.24, 2.45) is 0 Å². The van der Waals surface area contributed by atoms with E-state index >= 15 is 0 Å². The molecule has 17 heavy (non-hydrogen) atoms. The molecule has 0 aliphatic heterocycles. The Bertz CT molecular complexity index is 650. The van der Waals surface area contributed by atoms with Crippen LogP contribution in [0.2, 0.25) is 0 Å². The van der Waals surface area contributed by atoms with E-state index in [4.69, 9.17) is 17.5 Å². The van der Waals surface area contributed by atoms with Crippen molar-refractivity contribution in [3.05, 3.63) is 34.1 Å². The van der Waals surface area contributed by atoms with Gasteiger partial charge in [-0.25, -0.2) is 9.07 Å². The zero-order valence-electron chi connectivity index (χ0n) is 8.12. The number of rotatable bonds is 0. The smallest absolute Gasteiger partial charge is 0.379 e. The van der Waals surface area contributed by atoms with Crippen LogP contribution in [0.5, 0.6) is 0 Å². The molecule has 0 aliphatic carbocycles. The van der Waals surface area contributed by atoms with Crippen LogP contribution >= 0.6 is 11.8 Å². The van der Waals surface area contributed by atoms with Gasteiger partial charge in [-0.15, -0.1) is 0 Å². The number of anilines is 1. The molecule has 0 bridgehead atoms. The summed E-state index contributed by atoms with van der Waals surface area (Å²) in [6, 6.07) is 2.69. The molecule has 0 unspecified atom stereocenters. The highest BCUT2D eigenvalue weighted by molar-refractivity contribution is 6.18. The van der Waals surface area contributed by atoms with Gasteiger partial charge in [0, 0.05) is 11.8 Å². The van der Waals surface area contributed by atoms with Crippen molar-refractivity contribution in [1.82, 2.24) is 9.07 Å². The number of benzene rings is 1. The van der Waals surface area contributed by atoms with Gasteiger partial charge in [-0.1, -0.05) is 0 Å². The Kier molecular flexibility index (Phi) is 2.50. The van der Waals surface area contributed by atoms with Crippen molar-refractivity contribution in [2.75, 3.05) is 5.73 Å². The number of nitrogens with two attached hydrogens (primary N) is 1. The summed E-state index contributed by atoms with van der Waals surface area (Å²) >= 11 is 5.57. The Morgan fingerprint density at radius 1 is 1.35 bits per heavy atom. The van der Waals surface area contributed by atoms with Crippen LogP contribution in [-0.2, 0) is 6.18 Å². The van der Waals surface area contributed by atoms with E-state index in [1.54, 1.807) is 0 Å². The quantitative estimate of drug-likeness (QED) is 0.791. The van der Waals surface area contributed by atoms with Gasteiger partial charge in [0.15, 0.2) is 5.82 Å². The lowest BCUT2D eigenvalue weighted by molar-refractivity contribution is -0.137. The molecule has 2 aromatic rings. The molecule has 90 valence electrons. The highest BCUT2D eigenvalue weighted by Crippen LogP contribution is 2.30. The van der Waals surface area contributed by atoms with Gasteiger partial charge < -0.3 is 5.73 Å². The molecule has 0 radical (unpaired) electrons. The average Bonchev–Trinajstić information content (AvgIpc) is 2.24. The van der Waals surface area contributed by atoms with Gasteiger partial charge in [-0.3, -0.25) is 4.79 Å². The molecule has 2 N–H and O–H groups in total. The maximum absolute atomic E-state index is 12.5. The van der Waals surface area contributed by atoms with Crippen LogP contribution < -0.4 is 11.3 Å². The maximum Gasteiger partial charge on any atom is 0.416 e. The number of nitrogen functional groups attached to an aromatic ring is 1. The zero-order valence-corrected chi connectivity index (χ0v) is 8.88. The second-order valence-electron chi connectivity index (χ2n) is 3.28. The lowest BCUT2D eigenvalue weighted by Crippen LogP contribution is -2.19. The van der Waals surface area contributed by atoms with Crippen molar-refractivity contribution in [1.29, 1.82) is 0 Å². The molecule has 0 saturated heterocycles. The molecular formula is C9H5ClF3N3O. The minimum Gasteiger partial charge on any atom is -0.379 e. The second-order valence-corrected chi connectivity index (χ2v) is 3.62. The molecule has 0 spiro atoms. The van der Waals surface area contributed by atoms with Gasteiger partial charge in [0.25, 0.3) is 0 Å². The third kappa shape index (κ3) is 1.93. The van der Waals surface area contributed by atoms with Gasteiger partial charge in [0.05, 0.1) is 16.6 Å². The topological polar surface area (TPSA) is 60.9 Å². The maximum atomic E-state index is 12.5. The molecular weight excluding hydrogens is 259 g/mol. The normalized spacial score (nSPS) is 12.0. The fourth-order valence-corrected chi connectivity index (χ4v) is 1.56. The Balaban J connectivity index is 2.83. The fourth-order valence-electron chi connectivity index (χ4n) is 1.34. The van der Waals surface area contributed by atoms with E-state index in [2.05, 4.69) is 4.98 Å². The van der Waals surface area contributed by atoms with Gasteiger partial charge >= 0.3 is 11.7 Å². The third-order valence-electron chi connectivity index (χ3n) is 2.15. The van der Waals surface area contributed by atoms with Crippen molar-refractivity contribution in [2.45, 2.75) is 6.18 Å². The molecule has 1 heterocycles. The minimum atomic E-state index is -4.51. The standard InChI is InChI=1S/C9H5ClF3N3O/c10-16-6-3-4(9(11,12)13)1-2-5(6)15-7(14)8(16)17/h1-3H,(H2,14,15). The summed E-state index contributed by atoms with van der Waals surface area (Å²) in [5.74, 6) is -0.368. The number of halogens is 4. The summed E-state index contributed by atoms with van der Waals surface area (Å²) < 4.78 is 37.9. The van der Waals surface area contributed by atoms with Crippen LogP contribution in [0.4, 0.5) is 19.0 Å². The SMILES string of the molecule is Nc1nc2ccc(C(F)(F)F)cc2n(Cl)c1=O. The molecule has 2 rings (SSSR count). The number of hydrogen-bond acceptors (Lipinski definition) is 3. The first-order valence-electron chi connectivity index (χ1n) is 4.36. The summed E-state index contributed by atoms with van der Waals surface area (Å²) in [5.41, 5.74) is 3.48. The Morgan fingerprint density at radius 3 is 2.59 bits per heavy atom. The number of alkyl halides is 3. The van der Waals surface area contributed by atoms with E-state index in [-0.39, 0.29) is 16.9 Å². The van der Waals surface area contributed by atoms with Gasteiger partial charge in [0.2, 0.25) is 0 Å². The van der Waals surface area contributed by atoms with E-state index in [9.17, 15) is 18.0 Å². The number of hydrogen-bond donors (Lipinski definition) is 1. The van der Waals surface area contributed by atoms with Crippen LogP contribution in [-0.4, -0.2) is 9.07 Å². The molecule has 0 amide bonds. The molecule has 0 atom stereocenters. The first kappa shape index (κ1) is 11.7. The zero-order chi connectivity index (χ0) is 12.8. The average molecular weight is 264 g/mol. The first-order valence-corrected chi connectivity index (χ1v) is 4.70.